The number of nitrogens with zero attached hydrogens (tertiary/aromatic N) is 1. The fourth-order valence-electron chi connectivity index (χ4n) is 1.39. The fraction of sp³-hybridized carbons (Fsp3) is 0.125. The molecule has 0 amide bonds. The first-order valence-corrected chi connectivity index (χ1v) is 5.93. The molecular weight excluding hydrogens is 293 g/mol. The molecule has 18 heavy (non-hydrogen) atoms. The highest BCUT2D eigenvalue weighted by atomic mass is 32.2. The molecule has 0 saturated carbocycles. The molecule has 0 fully saturated rings. The van der Waals surface area contributed by atoms with E-state index in [0.29, 0.717) is 28.7 Å². The summed E-state index contributed by atoms with van der Waals surface area (Å²) in [5.41, 5.74) is 2.95. The van der Waals surface area contributed by atoms with Gasteiger partial charge < -0.3 is 5.73 Å². The summed E-state index contributed by atoms with van der Waals surface area (Å²) in [6, 6.07) is 0.361. The van der Waals surface area contributed by atoms with Gasteiger partial charge in [-0.25, -0.2) is 0 Å². The van der Waals surface area contributed by atoms with Crippen LogP contribution < -0.4 is 9.79 Å². The van der Waals surface area contributed by atoms with E-state index in [-0.39, 0.29) is 9.40 Å². The number of halogens is 3. The molecule has 5 nitrogen and oxygen atoms in total. The summed E-state index contributed by atoms with van der Waals surface area (Å²) < 4.78 is 37.1. The molecule has 1 heterocycles. The number of nitrogens with two attached hydrogens (primary N) is 1. The van der Waals surface area contributed by atoms with Crippen LogP contribution in [0.1, 0.15) is 5.56 Å². The van der Waals surface area contributed by atoms with Crippen molar-refractivity contribution in [1.82, 2.24) is 0 Å². The number of alkyl halides is 3. The largest absolute Gasteiger partial charge is 0.418 e. The van der Waals surface area contributed by atoms with Crippen molar-refractivity contribution in [3.63, 3.8) is 0 Å². The Morgan fingerprint density at radius 1 is 1.28 bits per heavy atom. The van der Waals surface area contributed by atoms with Gasteiger partial charge in [-0.2, -0.15) is 13.2 Å². The van der Waals surface area contributed by atoms with Crippen molar-refractivity contribution in [2.45, 2.75) is 6.18 Å². The summed E-state index contributed by atoms with van der Waals surface area (Å²) in [5.74, 6) is 0. The van der Waals surface area contributed by atoms with E-state index in [2.05, 4.69) is 0 Å². The lowest BCUT2D eigenvalue weighted by Crippen LogP contribution is -2.07. The van der Waals surface area contributed by atoms with E-state index in [4.69, 9.17) is 5.73 Å². The molecule has 0 bridgehead atoms. The number of hydrogen-bond donors (Lipinski definition) is 1. The van der Waals surface area contributed by atoms with Gasteiger partial charge >= 0.3 is 6.18 Å². The van der Waals surface area contributed by atoms with E-state index in [0.717, 1.165) is 0 Å². The highest BCUT2D eigenvalue weighted by Crippen LogP contribution is 2.43. The molecule has 0 aliphatic carbocycles. The van der Waals surface area contributed by atoms with Gasteiger partial charge in [-0.05, 0) is 0 Å². The first kappa shape index (κ1) is 12.8. The molecule has 1 aromatic heterocycles. The maximum Gasteiger partial charge on any atom is 0.418 e. The molecule has 96 valence electrons. The van der Waals surface area contributed by atoms with Gasteiger partial charge in [0.15, 0.2) is 0 Å². The number of rotatable bonds is 1. The lowest BCUT2D eigenvalue weighted by atomic mass is 10.1. The van der Waals surface area contributed by atoms with Gasteiger partial charge in [-0.3, -0.25) is 14.9 Å². The summed E-state index contributed by atoms with van der Waals surface area (Å²) in [6.45, 7) is 0. The summed E-state index contributed by atoms with van der Waals surface area (Å²) in [7, 11) is 0. The molecule has 2 rings (SSSR count). The average molecular weight is 296 g/mol. The molecule has 10 heteroatoms. The second-order valence-electron chi connectivity index (χ2n) is 3.22. The van der Waals surface area contributed by atoms with Gasteiger partial charge in [0.1, 0.15) is 5.69 Å². The minimum absolute atomic E-state index is 0.188. The SMILES string of the molecule is Nc1c([N+](=O)[O-])cc(C(F)(F)F)c2sc(=O)sc12. The average Bonchev–Trinajstić information content (AvgIpc) is 2.58. The molecule has 2 N–H and O–H groups in total. The highest BCUT2D eigenvalue weighted by Gasteiger charge is 2.37. The Morgan fingerprint density at radius 2 is 1.83 bits per heavy atom. The number of anilines is 1. The first-order chi connectivity index (χ1) is 8.21. The van der Waals surface area contributed by atoms with E-state index in [1.165, 1.54) is 0 Å². The second kappa shape index (κ2) is 3.92. The molecular formula is C8H3F3N2O3S2. The van der Waals surface area contributed by atoms with Crippen LogP contribution in [0.15, 0.2) is 10.9 Å². The molecule has 0 aliphatic rings. The molecule has 0 spiro atoms. The molecule has 2 aromatic rings. The number of fused-ring (bicyclic) bond motifs is 1. The monoisotopic (exact) mass is 296 g/mol. The number of benzene rings is 1. The Morgan fingerprint density at radius 3 is 2.33 bits per heavy atom. The molecule has 1 aromatic carbocycles. The first-order valence-electron chi connectivity index (χ1n) is 4.29. The van der Waals surface area contributed by atoms with Crippen LogP contribution in [-0.4, -0.2) is 4.92 Å². The minimum Gasteiger partial charge on any atom is -0.392 e. The minimum atomic E-state index is -4.78. The fourth-order valence-corrected chi connectivity index (χ4v) is 3.55. The van der Waals surface area contributed by atoms with E-state index in [1.807, 2.05) is 0 Å². The van der Waals surface area contributed by atoms with Gasteiger partial charge in [0, 0.05) is 6.07 Å². The highest BCUT2D eigenvalue weighted by molar-refractivity contribution is 7.36. The Bertz CT molecular complexity index is 704. The van der Waals surface area contributed by atoms with Crippen molar-refractivity contribution in [3.05, 3.63) is 30.6 Å². The Labute approximate surface area is 104 Å². The van der Waals surface area contributed by atoms with Crippen molar-refractivity contribution < 1.29 is 18.1 Å². The van der Waals surface area contributed by atoms with Crippen molar-refractivity contribution in [2.24, 2.45) is 0 Å². The standard InChI is InChI=1S/C8H3F3N2O3S2/c9-8(10,11)2-1-3(13(15)16)4(12)6-5(2)17-7(14)18-6/h1H,12H2. The third kappa shape index (κ3) is 1.93. The quantitative estimate of drug-likeness (QED) is 0.498. The number of nitro groups is 1. The van der Waals surface area contributed by atoms with E-state index in [1.54, 1.807) is 0 Å². The van der Waals surface area contributed by atoms with Crippen molar-refractivity contribution in [1.29, 1.82) is 0 Å². The zero-order valence-corrected chi connectivity index (χ0v) is 9.91. The molecule has 0 saturated heterocycles. The molecule has 0 radical (unpaired) electrons. The molecule has 0 atom stereocenters. The smallest absolute Gasteiger partial charge is 0.392 e. The summed E-state index contributed by atoms with van der Waals surface area (Å²) >= 11 is 0.855. The van der Waals surface area contributed by atoms with Crippen LogP contribution in [0.3, 0.4) is 0 Å². The Balaban J connectivity index is 2.97. The van der Waals surface area contributed by atoms with Crippen LogP contribution in [0.25, 0.3) is 9.40 Å². The topological polar surface area (TPSA) is 86.2 Å². The second-order valence-corrected chi connectivity index (χ2v) is 5.45. The van der Waals surface area contributed by atoms with Crippen LogP contribution >= 0.6 is 22.7 Å². The van der Waals surface area contributed by atoms with Crippen molar-refractivity contribution >= 4 is 43.4 Å². The Kier molecular flexibility index (Phi) is 2.78. The third-order valence-corrected chi connectivity index (χ3v) is 4.34. The van der Waals surface area contributed by atoms with Crippen LogP contribution in [0, 0.1) is 10.1 Å². The number of nitro benzene ring substituents is 1. The van der Waals surface area contributed by atoms with E-state index in [9.17, 15) is 28.1 Å². The molecule has 0 unspecified atom stereocenters. The van der Waals surface area contributed by atoms with Gasteiger partial charge in [0.25, 0.3) is 9.74 Å². The summed E-state index contributed by atoms with van der Waals surface area (Å²) in [4.78, 5) is 20.8. The van der Waals surface area contributed by atoms with Crippen LogP contribution in [0.2, 0.25) is 0 Å². The lowest BCUT2D eigenvalue weighted by Gasteiger charge is -2.08. The van der Waals surface area contributed by atoms with Crippen molar-refractivity contribution in [3.8, 4) is 0 Å². The van der Waals surface area contributed by atoms with Gasteiger partial charge in [-0.1, -0.05) is 22.7 Å². The lowest BCUT2D eigenvalue weighted by molar-refractivity contribution is -0.384. The van der Waals surface area contributed by atoms with Crippen molar-refractivity contribution in [2.75, 3.05) is 5.73 Å². The molecule has 0 aliphatic heterocycles. The maximum absolute atomic E-state index is 12.7. The van der Waals surface area contributed by atoms with Crippen LogP contribution in [0.4, 0.5) is 24.5 Å². The van der Waals surface area contributed by atoms with Gasteiger partial charge in [-0.15, -0.1) is 0 Å². The maximum atomic E-state index is 12.7. The summed E-state index contributed by atoms with van der Waals surface area (Å²) in [6.07, 6.45) is -4.78. The van der Waals surface area contributed by atoms with Crippen LogP contribution in [-0.2, 0) is 6.18 Å². The summed E-state index contributed by atoms with van der Waals surface area (Å²) in [5, 5.41) is 10.6. The van der Waals surface area contributed by atoms with E-state index < -0.39 is 32.1 Å². The Hall–Kier alpha value is -1.68. The predicted molar refractivity (Wildman–Crippen MR) is 62.0 cm³/mol. The van der Waals surface area contributed by atoms with Gasteiger partial charge in [0.05, 0.1) is 19.9 Å². The zero-order chi connectivity index (χ0) is 13.7. The van der Waals surface area contributed by atoms with Crippen LogP contribution in [0.5, 0.6) is 0 Å². The normalized spacial score (nSPS) is 11.9. The van der Waals surface area contributed by atoms with Gasteiger partial charge in [0.2, 0.25) is 0 Å². The third-order valence-electron chi connectivity index (χ3n) is 2.13. The predicted octanol–water partition coefficient (Wildman–Crippen LogP) is 2.83. The zero-order valence-electron chi connectivity index (χ0n) is 8.28. The number of nitrogen functional groups attached to an aromatic ring is 1. The van der Waals surface area contributed by atoms with E-state index >= 15 is 0 Å². The number of hydrogen-bond acceptors (Lipinski definition) is 6.